The second-order valence-corrected chi connectivity index (χ2v) is 5.85. The average Bonchev–Trinajstić information content (AvgIpc) is 2.63. The summed E-state index contributed by atoms with van der Waals surface area (Å²) >= 11 is 0. The van der Waals surface area contributed by atoms with Gasteiger partial charge >= 0.3 is 12.0 Å². The van der Waals surface area contributed by atoms with E-state index in [-0.39, 0.29) is 12.6 Å². The summed E-state index contributed by atoms with van der Waals surface area (Å²) in [5, 5.41) is 2.65. The lowest BCUT2D eigenvalue weighted by Crippen LogP contribution is -2.41. The Morgan fingerprint density at radius 3 is 2.41 bits per heavy atom. The molecule has 1 N–H and O–H groups in total. The molecule has 0 aliphatic carbocycles. The third-order valence-electron chi connectivity index (χ3n) is 3.56. The minimum Gasteiger partial charge on any atom is -0.462 e. The first-order valence-electron chi connectivity index (χ1n) is 7.15. The molecule has 2 rings (SSSR count). The SMILES string of the molecule is Cc1ccc(C2(C)NC(=O)N(CC(=O)OC(C)C)C2=O)cc1. The Morgan fingerprint density at radius 2 is 1.86 bits per heavy atom. The van der Waals surface area contributed by atoms with Crippen molar-refractivity contribution < 1.29 is 19.1 Å². The molecule has 1 fully saturated rings. The zero-order valence-electron chi connectivity index (χ0n) is 13.2. The maximum absolute atomic E-state index is 12.6. The van der Waals surface area contributed by atoms with Gasteiger partial charge < -0.3 is 10.1 Å². The van der Waals surface area contributed by atoms with E-state index in [1.165, 1.54) is 0 Å². The molecule has 0 bridgehead atoms. The van der Waals surface area contributed by atoms with Gasteiger partial charge in [-0.1, -0.05) is 29.8 Å². The molecule has 0 radical (unpaired) electrons. The fourth-order valence-electron chi connectivity index (χ4n) is 2.35. The summed E-state index contributed by atoms with van der Waals surface area (Å²) in [6.07, 6.45) is -0.295. The molecule has 1 aliphatic rings. The van der Waals surface area contributed by atoms with Crippen LogP contribution in [0.3, 0.4) is 0 Å². The third-order valence-corrected chi connectivity index (χ3v) is 3.56. The lowest BCUT2D eigenvalue weighted by atomic mass is 9.91. The molecule has 0 saturated carbocycles. The number of carbonyl (C=O) groups is 3. The van der Waals surface area contributed by atoms with Gasteiger partial charge in [0.2, 0.25) is 0 Å². The number of esters is 1. The number of nitrogens with one attached hydrogen (secondary N) is 1. The molecule has 6 heteroatoms. The number of carbonyl (C=O) groups excluding carboxylic acids is 3. The number of amides is 3. The van der Waals surface area contributed by atoms with Crippen LogP contribution in [0.2, 0.25) is 0 Å². The van der Waals surface area contributed by atoms with Gasteiger partial charge in [0.15, 0.2) is 0 Å². The van der Waals surface area contributed by atoms with Crippen molar-refractivity contribution in [2.75, 3.05) is 6.54 Å². The number of aryl methyl sites for hydroxylation is 1. The van der Waals surface area contributed by atoms with Crippen LogP contribution in [0, 0.1) is 6.92 Å². The van der Waals surface area contributed by atoms with E-state index in [2.05, 4.69) is 5.32 Å². The highest BCUT2D eigenvalue weighted by molar-refractivity contribution is 6.08. The van der Waals surface area contributed by atoms with Crippen molar-refractivity contribution in [1.82, 2.24) is 10.2 Å². The quantitative estimate of drug-likeness (QED) is 0.679. The lowest BCUT2D eigenvalue weighted by Gasteiger charge is -2.22. The second-order valence-electron chi connectivity index (χ2n) is 5.85. The van der Waals surface area contributed by atoms with E-state index in [0.717, 1.165) is 10.5 Å². The summed E-state index contributed by atoms with van der Waals surface area (Å²) < 4.78 is 4.99. The molecule has 1 atom stereocenters. The fourth-order valence-corrected chi connectivity index (χ4v) is 2.35. The van der Waals surface area contributed by atoms with Gasteiger partial charge in [-0.05, 0) is 33.3 Å². The molecule has 118 valence electrons. The van der Waals surface area contributed by atoms with E-state index < -0.39 is 23.4 Å². The number of imide groups is 1. The minimum atomic E-state index is -1.16. The van der Waals surface area contributed by atoms with Gasteiger partial charge in [0.1, 0.15) is 12.1 Å². The fraction of sp³-hybridized carbons (Fsp3) is 0.438. The van der Waals surface area contributed by atoms with Gasteiger partial charge in [0, 0.05) is 0 Å². The Hall–Kier alpha value is -2.37. The summed E-state index contributed by atoms with van der Waals surface area (Å²) in [4.78, 5) is 37.2. The molecule has 1 aromatic rings. The molecule has 0 spiro atoms. The Kier molecular flexibility index (Phi) is 4.21. The first-order chi connectivity index (χ1) is 10.2. The highest BCUT2D eigenvalue weighted by atomic mass is 16.5. The lowest BCUT2D eigenvalue weighted by molar-refractivity contribution is -0.150. The summed E-state index contributed by atoms with van der Waals surface area (Å²) in [6, 6.07) is 6.74. The highest BCUT2D eigenvalue weighted by Gasteiger charge is 2.49. The molecule has 1 saturated heterocycles. The van der Waals surface area contributed by atoms with Gasteiger partial charge in [-0.25, -0.2) is 4.79 Å². The summed E-state index contributed by atoms with van der Waals surface area (Å²) in [7, 11) is 0. The van der Waals surface area contributed by atoms with Crippen LogP contribution in [0.25, 0.3) is 0 Å². The largest absolute Gasteiger partial charge is 0.462 e. The van der Waals surface area contributed by atoms with Crippen LogP contribution < -0.4 is 5.32 Å². The predicted molar refractivity (Wildman–Crippen MR) is 80.0 cm³/mol. The van der Waals surface area contributed by atoms with Crippen molar-refractivity contribution in [3.63, 3.8) is 0 Å². The Balaban J connectivity index is 2.20. The van der Waals surface area contributed by atoms with Crippen molar-refractivity contribution in [1.29, 1.82) is 0 Å². The highest BCUT2D eigenvalue weighted by Crippen LogP contribution is 2.28. The molecule has 6 nitrogen and oxygen atoms in total. The Labute approximate surface area is 129 Å². The molecular formula is C16H20N2O4. The second kappa shape index (κ2) is 5.79. The zero-order valence-corrected chi connectivity index (χ0v) is 13.2. The van der Waals surface area contributed by atoms with E-state index in [1.54, 1.807) is 32.9 Å². The molecule has 1 aromatic carbocycles. The third kappa shape index (κ3) is 2.95. The van der Waals surface area contributed by atoms with Gasteiger partial charge in [0.05, 0.1) is 6.10 Å². The van der Waals surface area contributed by atoms with Crippen LogP contribution in [0.1, 0.15) is 31.9 Å². The normalized spacial score (nSPS) is 21.2. The number of rotatable bonds is 4. The van der Waals surface area contributed by atoms with Crippen LogP contribution in [0.15, 0.2) is 24.3 Å². The topological polar surface area (TPSA) is 75.7 Å². The van der Waals surface area contributed by atoms with Gasteiger partial charge in [-0.15, -0.1) is 0 Å². The van der Waals surface area contributed by atoms with Crippen LogP contribution in [0.4, 0.5) is 4.79 Å². The maximum atomic E-state index is 12.6. The van der Waals surface area contributed by atoms with E-state index in [4.69, 9.17) is 4.74 Å². The van der Waals surface area contributed by atoms with E-state index in [1.807, 2.05) is 19.1 Å². The van der Waals surface area contributed by atoms with Crippen LogP contribution in [-0.2, 0) is 19.9 Å². The van der Waals surface area contributed by atoms with Crippen LogP contribution >= 0.6 is 0 Å². The van der Waals surface area contributed by atoms with Crippen molar-refractivity contribution in [3.8, 4) is 0 Å². The first-order valence-corrected chi connectivity index (χ1v) is 7.15. The number of hydrogen-bond acceptors (Lipinski definition) is 4. The number of nitrogens with zero attached hydrogens (tertiary/aromatic N) is 1. The van der Waals surface area contributed by atoms with E-state index in [0.29, 0.717) is 5.56 Å². The number of hydrogen-bond donors (Lipinski definition) is 1. The van der Waals surface area contributed by atoms with Crippen LogP contribution in [-0.4, -0.2) is 35.5 Å². The maximum Gasteiger partial charge on any atom is 0.326 e. The molecule has 3 amide bonds. The zero-order chi connectivity index (χ0) is 16.5. The van der Waals surface area contributed by atoms with Gasteiger partial charge in [-0.2, -0.15) is 0 Å². The molecule has 22 heavy (non-hydrogen) atoms. The van der Waals surface area contributed by atoms with Crippen molar-refractivity contribution in [3.05, 3.63) is 35.4 Å². The van der Waals surface area contributed by atoms with E-state index >= 15 is 0 Å². The standard InChI is InChI=1S/C16H20N2O4/c1-10(2)22-13(19)9-18-14(20)16(4,17-15(18)21)12-7-5-11(3)6-8-12/h5-8,10H,9H2,1-4H3,(H,17,21). The summed E-state index contributed by atoms with van der Waals surface area (Å²) in [6.45, 7) is 6.60. The molecule has 1 aliphatic heterocycles. The molecule has 0 aromatic heterocycles. The number of ether oxygens (including phenoxy) is 1. The van der Waals surface area contributed by atoms with E-state index in [9.17, 15) is 14.4 Å². The van der Waals surface area contributed by atoms with Gasteiger partial charge in [-0.3, -0.25) is 14.5 Å². The molecule has 1 heterocycles. The average molecular weight is 304 g/mol. The van der Waals surface area contributed by atoms with Crippen molar-refractivity contribution in [2.45, 2.75) is 39.3 Å². The summed E-state index contributed by atoms with van der Waals surface area (Å²) in [5.41, 5.74) is 0.570. The Bertz CT molecular complexity index is 609. The van der Waals surface area contributed by atoms with Gasteiger partial charge in [0.25, 0.3) is 5.91 Å². The minimum absolute atomic E-state index is 0.295. The van der Waals surface area contributed by atoms with Crippen molar-refractivity contribution >= 4 is 17.9 Å². The predicted octanol–water partition coefficient (Wildman–Crippen LogP) is 1.71. The molecular weight excluding hydrogens is 284 g/mol. The van der Waals surface area contributed by atoms with Crippen molar-refractivity contribution in [2.24, 2.45) is 0 Å². The smallest absolute Gasteiger partial charge is 0.326 e. The number of benzene rings is 1. The Morgan fingerprint density at radius 1 is 1.27 bits per heavy atom. The monoisotopic (exact) mass is 304 g/mol. The first kappa shape index (κ1) is 16.0. The molecule has 1 unspecified atom stereocenters. The number of urea groups is 1. The van der Waals surface area contributed by atoms with Crippen LogP contribution in [0.5, 0.6) is 0 Å². The summed E-state index contributed by atoms with van der Waals surface area (Å²) in [5.74, 6) is -1.06.